The number of hydrogen-bond donors (Lipinski definition) is 1. The number of piperidine rings is 1. The Morgan fingerprint density at radius 3 is 2.38 bits per heavy atom. The van der Waals surface area contributed by atoms with Gasteiger partial charge in [0.05, 0.1) is 5.75 Å². The average molecular weight is 341 g/mol. The minimum absolute atomic E-state index is 0. The summed E-state index contributed by atoms with van der Waals surface area (Å²) in [6.45, 7) is 6.37. The molecule has 0 aliphatic carbocycles. The van der Waals surface area contributed by atoms with Crippen LogP contribution >= 0.6 is 12.4 Å². The highest BCUT2D eigenvalue weighted by Gasteiger charge is 2.23. The van der Waals surface area contributed by atoms with Crippen LogP contribution in [-0.4, -0.2) is 56.9 Å². The van der Waals surface area contributed by atoms with Crippen LogP contribution in [0.1, 0.15) is 39.5 Å². The Bertz CT molecular complexity index is 408. The summed E-state index contributed by atoms with van der Waals surface area (Å²) < 4.78 is 22.7. The van der Waals surface area contributed by atoms with E-state index in [4.69, 9.17) is 0 Å². The van der Waals surface area contributed by atoms with E-state index in [-0.39, 0.29) is 30.1 Å². The number of nitrogens with one attached hydrogen (secondary N) is 1. The number of halogens is 1. The van der Waals surface area contributed by atoms with Gasteiger partial charge >= 0.3 is 0 Å². The largest absolute Gasteiger partial charge is 0.339 e. The molecule has 0 aromatic carbocycles. The lowest BCUT2D eigenvalue weighted by molar-refractivity contribution is -0.132. The Labute approximate surface area is 135 Å². The van der Waals surface area contributed by atoms with Crippen LogP contribution in [0.5, 0.6) is 0 Å². The average Bonchev–Trinajstić information content (AvgIpc) is 2.36. The first-order chi connectivity index (χ1) is 9.33. The molecule has 5 nitrogen and oxygen atoms in total. The summed E-state index contributed by atoms with van der Waals surface area (Å²) in [6, 6.07) is -0.240. The molecule has 0 aromatic heterocycles. The van der Waals surface area contributed by atoms with Crippen LogP contribution < -0.4 is 5.32 Å². The molecule has 1 saturated heterocycles. The molecule has 1 fully saturated rings. The fourth-order valence-electron chi connectivity index (χ4n) is 2.90. The number of carbonyl (C=O) groups is 1. The first-order valence-electron chi connectivity index (χ1n) is 7.51. The Kier molecular flexibility index (Phi) is 9.49. The molecule has 1 aliphatic heterocycles. The normalized spacial score (nSPS) is 17.9. The summed E-state index contributed by atoms with van der Waals surface area (Å²) in [5, 5.41) is 3.32. The highest BCUT2D eigenvalue weighted by Crippen LogP contribution is 2.19. The molecule has 1 amide bonds. The summed E-state index contributed by atoms with van der Waals surface area (Å²) in [4.78, 5) is 14.0. The van der Waals surface area contributed by atoms with Crippen molar-refractivity contribution in [1.29, 1.82) is 0 Å². The molecule has 0 bridgehead atoms. The van der Waals surface area contributed by atoms with Crippen molar-refractivity contribution in [1.82, 2.24) is 10.2 Å². The van der Waals surface area contributed by atoms with Crippen molar-refractivity contribution in [3.05, 3.63) is 0 Å². The fourth-order valence-corrected chi connectivity index (χ4v) is 3.96. The highest BCUT2D eigenvalue weighted by atomic mass is 35.5. The summed E-state index contributed by atoms with van der Waals surface area (Å²) >= 11 is 0. The maximum atomic E-state index is 12.3. The summed E-state index contributed by atoms with van der Waals surface area (Å²) in [6.07, 6.45) is 4.95. The maximum Gasteiger partial charge on any atom is 0.222 e. The first kappa shape index (κ1) is 20.7. The van der Waals surface area contributed by atoms with E-state index in [2.05, 4.69) is 5.32 Å². The van der Waals surface area contributed by atoms with Gasteiger partial charge in [-0.05, 0) is 52.1 Å². The van der Waals surface area contributed by atoms with Gasteiger partial charge in [-0.25, -0.2) is 8.42 Å². The second-order valence-electron chi connectivity index (χ2n) is 5.85. The maximum absolute atomic E-state index is 12.3. The minimum Gasteiger partial charge on any atom is -0.339 e. The second-order valence-corrected chi connectivity index (χ2v) is 8.04. The van der Waals surface area contributed by atoms with Crippen molar-refractivity contribution in [3.8, 4) is 0 Å². The van der Waals surface area contributed by atoms with Gasteiger partial charge in [0.2, 0.25) is 5.91 Å². The monoisotopic (exact) mass is 340 g/mol. The molecule has 0 saturated carbocycles. The molecule has 0 spiro atoms. The third-order valence-electron chi connectivity index (χ3n) is 3.96. The van der Waals surface area contributed by atoms with Crippen molar-refractivity contribution in [2.24, 2.45) is 5.92 Å². The molecule has 1 unspecified atom stereocenters. The summed E-state index contributed by atoms with van der Waals surface area (Å²) in [5.41, 5.74) is 0. The van der Waals surface area contributed by atoms with Crippen LogP contribution in [0.15, 0.2) is 0 Å². The molecule has 1 aliphatic rings. The number of amides is 1. The van der Waals surface area contributed by atoms with Crippen molar-refractivity contribution in [2.45, 2.75) is 45.6 Å². The number of sulfone groups is 1. The van der Waals surface area contributed by atoms with E-state index in [1.807, 2.05) is 13.8 Å². The number of hydrogen-bond acceptors (Lipinski definition) is 4. The van der Waals surface area contributed by atoms with Crippen molar-refractivity contribution >= 4 is 28.2 Å². The van der Waals surface area contributed by atoms with Gasteiger partial charge in [0, 0.05) is 25.3 Å². The van der Waals surface area contributed by atoms with Crippen LogP contribution in [0.3, 0.4) is 0 Å². The lowest BCUT2D eigenvalue weighted by atomic mass is 9.93. The van der Waals surface area contributed by atoms with Gasteiger partial charge in [-0.15, -0.1) is 12.4 Å². The standard InChI is InChI=1S/C14H28N2O3S.ClH/c1-4-16(12(2)11-20(3,18)19)14(17)6-5-13-7-9-15-10-8-13;/h12-13,15H,4-11H2,1-3H3;1H. The van der Waals surface area contributed by atoms with Gasteiger partial charge in [0.25, 0.3) is 0 Å². The van der Waals surface area contributed by atoms with Gasteiger partial charge in [-0.3, -0.25) is 4.79 Å². The van der Waals surface area contributed by atoms with Crippen LogP contribution in [0, 0.1) is 5.92 Å². The highest BCUT2D eigenvalue weighted by molar-refractivity contribution is 7.90. The van der Waals surface area contributed by atoms with E-state index in [0.29, 0.717) is 18.9 Å². The predicted molar refractivity (Wildman–Crippen MR) is 88.6 cm³/mol. The first-order valence-corrected chi connectivity index (χ1v) is 9.57. The third kappa shape index (κ3) is 8.02. The van der Waals surface area contributed by atoms with Crippen LogP contribution in [0.4, 0.5) is 0 Å². The van der Waals surface area contributed by atoms with Gasteiger partial charge < -0.3 is 10.2 Å². The Balaban J connectivity index is 0.00000400. The lowest BCUT2D eigenvalue weighted by Crippen LogP contribution is -2.42. The molecule has 1 heterocycles. The summed E-state index contributed by atoms with van der Waals surface area (Å²) in [7, 11) is -3.05. The molecular weight excluding hydrogens is 312 g/mol. The zero-order chi connectivity index (χ0) is 15.2. The van der Waals surface area contributed by atoms with E-state index in [1.54, 1.807) is 4.90 Å². The Morgan fingerprint density at radius 2 is 1.90 bits per heavy atom. The quantitative estimate of drug-likeness (QED) is 0.762. The van der Waals surface area contributed by atoms with E-state index >= 15 is 0 Å². The second kappa shape index (κ2) is 9.64. The van der Waals surface area contributed by atoms with Crippen LogP contribution in [0.25, 0.3) is 0 Å². The zero-order valence-corrected chi connectivity index (χ0v) is 14.9. The third-order valence-corrected chi connectivity index (χ3v) is 5.05. The van der Waals surface area contributed by atoms with Gasteiger partial charge in [0.15, 0.2) is 0 Å². The van der Waals surface area contributed by atoms with Crippen molar-refractivity contribution in [3.63, 3.8) is 0 Å². The van der Waals surface area contributed by atoms with E-state index in [0.717, 1.165) is 32.4 Å². The minimum atomic E-state index is -3.05. The Hall–Kier alpha value is -0.330. The molecule has 7 heteroatoms. The molecule has 21 heavy (non-hydrogen) atoms. The van der Waals surface area contributed by atoms with E-state index in [9.17, 15) is 13.2 Å². The number of carbonyl (C=O) groups excluding carboxylic acids is 1. The molecule has 0 aromatic rings. The fraction of sp³-hybridized carbons (Fsp3) is 0.929. The van der Waals surface area contributed by atoms with Crippen LogP contribution in [0.2, 0.25) is 0 Å². The van der Waals surface area contributed by atoms with Gasteiger partial charge in [0.1, 0.15) is 9.84 Å². The molecule has 1 rings (SSSR count). The van der Waals surface area contributed by atoms with E-state index in [1.165, 1.54) is 6.26 Å². The zero-order valence-electron chi connectivity index (χ0n) is 13.3. The molecule has 1 N–H and O–H groups in total. The summed E-state index contributed by atoms with van der Waals surface area (Å²) in [5.74, 6) is 0.756. The number of rotatable bonds is 7. The van der Waals surface area contributed by atoms with Gasteiger partial charge in [-0.2, -0.15) is 0 Å². The van der Waals surface area contributed by atoms with Crippen molar-refractivity contribution in [2.75, 3.05) is 31.6 Å². The molecule has 1 atom stereocenters. The number of nitrogens with zero attached hydrogens (tertiary/aromatic N) is 1. The smallest absolute Gasteiger partial charge is 0.222 e. The van der Waals surface area contributed by atoms with Crippen LogP contribution in [-0.2, 0) is 14.6 Å². The molecular formula is C14H29ClN2O3S. The molecule has 126 valence electrons. The SMILES string of the molecule is CCN(C(=O)CCC1CCNCC1)C(C)CS(C)(=O)=O.Cl. The van der Waals surface area contributed by atoms with E-state index < -0.39 is 9.84 Å². The Morgan fingerprint density at radius 1 is 1.33 bits per heavy atom. The van der Waals surface area contributed by atoms with Gasteiger partial charge in [-0.1, -0.05) is 0 Å². The predicted octanol–water partition coefficient (Wildman–Crippen LogP) is 1.47. The lowest BCUT2D eigenvalue weighted by Gasteiger charge is -2.29. The topological polar surface area (TPSA) is 66.5 Å². The molecule has 0 radical (unpaired) electrons. The van der Waals surface area contributed by atoms with Crippen molar-refractivity contribution < 1.29 is 13.2 Å².